The summed E-state index contributed by atoms with van der Waals surface area (Å²) in [5.41, 5.74) is 6.43. The lowest BCUT2D eigenvalue weighted by atomic mass is 10.3. The van der Waals surface area contributed by atoms with Gasteiger partial charge in [-0.1, -0.05) is 11.6 Å². The van der Waals surface area contributed by atoms with Crippen molar-refractivity contribution in [1.82, 2.24) is 4.90 Å². The van der Waals surface area contributed by atoms with Crippen molar-refractivity contribution in [2.75, 3.05) is 14.1 Å². The van der Waals surface area contributed by atoms with E-state index >= 15 is 0 Å². The zero-order valence-corrected chi connectivity index (χ0v) is 8.42. The molecule has 0 unspecified atom stereocenters. The first-order chi connectivity index (χ1) is 6.09. The van der Waals surface area contributed by atoms with Crippen LogP contribution >= 0.6 is 11.6 Å². The van der Waals surface area contributed by atoms with Crippen LogP contribution in [0.2, 0.25) is 5.02 Å². The number of aliphatic imine (C=N–C) groups is 1. The monoisotopic (exact) mass is 197 g/mol. The van der Waals surface area contributed by atoms with Crippen molar-refractivity contribution in [2.45, 2.75) is 0 Å². The zero-order valence-electron chi connectivity index (χ0n) is 7.66. The average molecular weight is 198 g/mol. The Bertz CT molecular complexity index is 303. The maximum Gasteiger partial charge on any atom is 0.195 e. The number of hydrogen-bond acceptors (Lipinski definition) is 1. The van der Waals surface area contributed by atoms with Crippen molar-refractivity contribution in [3.05, 3.63) is 29.3 Å². The quantitative estimate of drug-likeness (QED) is 0.552. The van der Waals surface area contributed by atoms with Crippen LogP contribution in [0.25, 0.3) is 0 Å². The summed E-state index contributed by atoms with van der Waals surface area (Å²) in [6.45, 7) is 0. The van der Waals surface area contributed by atoms with Crippen molar-refractivity contribution >= 4 is 23.2 Å². The third kappa shape index (κ3) is 2.95. The molecule has 0 aliphatic carbocycles. The summed E-state index contributed by atoms with van der Waals surface area (Å²) < 4.78 is 0. The fraction of sp³-hybridized carbons (Fsp3) is 0.222. The van der Waals surface area contributed by atoms with E-state index in [0.717, 1.165) is 5.69 Å². The van der Waals surface area contributed by atoms with Crippen molar-refractivity contribution in [1.29, 1.82) is 0 Å². The second kappa shape index (κ2) is 4.14. The molecule has 4 heteroatoms. The molecular weight excluding hydrogens is 186 g/mol. The topological polar surface area (TPSA) is 41.6 Å². The lowest BCUT2D eigenvalue weighted by Crippen LogP contribution is -2.29. The highest BCUT2D eigenvalue weighted by Crippen LogP contribution is 2.15. The zero-order chi connectivity index (χ0) is 9.84. The van der Waals surface area contributed by atoms with Gasteiger partial charge in [0.1, 0.15) is 0 Å². The van der Waals surface area contributed by atoms with Crippen molar-refractivity contribution in [2.24, 2.45) is 10.7 Å². The Kier molecular flexibility index (Phi) is 3.14. The molecule has 0 aliphatic heterocycles. The van der Waals surface area contributed by atoms with E-state index in [2.05, 4.69) is 4.99 Å². The molecular formula is C9H12ClN3. The molecule has 0 radical (unpaired) electrons. The number of nitrogens with zero attached hydrogens (tertiary/aromatic N) is 2. The standard InChI is InChI=1S/C9H12ClN3/c1-13(2)9(11)12-8-5-3-7(10)4-6-8/h3-6H,1-2H3,(H2,11,12). The van der Waals surface area contributed by atoms with Crippen molar-refractivity contribution in [3.8, 4) is 0 Å². The van der Waals surface area contributed by atoms with E-state index in [-0.39, 0.29) is 0 Å². The van der Waals surface area contributed by atoms with E-state index in [0.29, 0.717) is 11.0 Å². The third-order valence-corrected chi connectivity index (χ3v) is 1.78. The summed E-state index contributed by atoms with van der Waals surface area (Å²) in [4.78, 5) is 5.91. The lowest BCUT2D eigenvalue weighted by molar-refractivity contribution is 0.615. The van der Waals surface area contributed by atoms with Gasteiger partial charge in [0.05, 0.1) is 5.69 Å². The second-order valence-corrected chi connectivity index (χ2v) is 3.28. The van der Waals surface area contributed by atoms with Gasteiger partial charge in [0.15, 0.2) is 5.96 Å². The minimum atomic E-state index is 0.474. The van der Waals surface area contributed by atoms with Crippen LogP contribution in [0.4, 0.5) is 5.69 Å². The molecule has 70 valence electrons. The van der Waals surface area contributed by atoms with Crippen LogP contribution in [0.5, 0.6) is 0 Å². The van der Waals surface area contributed by atoms with Gasteiger partial charge in [-0.15, -0.1) is 0 Å². The highest BCUT2D eigenvalue weighted by atomic mass is 35.5. The molecule has 3 nitrogen and oxygen atoms in total. The number of guanidine groups is 1. The maximum atomic E-state index is 5.72. The lowest BCUT2D eigenvalue weighted by Gasteiger charge is -2.09. The summed E-state index contributed by atoms with van der Waals surface area (Å²) >= 11 is 5.72. The second-order valence-electron chi connectivity index (χ2n) is 2.84. The Morgan fingerprint density at radius 2 is 1.85 bits per heavy atom. The molecule has 13 heavy (non-hydrogen) atoms. The van der Waals surface area contributed by atoms with E-state index in [9.17, 15) is 0 Å². The van der Waals surface area contributed by atoms with Crippen LogP contribution in [0.1, 0.15) is 0 Å². The number of nitrogens with two attached hydrogens (primary N) is 1. The van der Waals surface area contributed by atoms with Crippen LogP contribution in [0.15, 0.2) is 29.3 Å². The average Bonchev–Trinajstić information content (AvgIpc) is 2.08. The van der Waals surface area contributed by atoms with Gasteiger partial charge in [0.2, 0.25) is 0 Å². The Balaban J connectivity index is 2.85. The van der Waals surface area contributed by atoms with Crippen LogP contribution in [0.3, 0.4) is 0 Å². The fourth-order valence-corrected chi connectivity index (χ4v) is 0.874. The molecule has 2 N–H and O–H groups in total. The first-order valence-electron chi connectivity index (χ1n) is 3.86. The Labute approximate surface area is 82.8 Å². The van der Waals surface area contributed by atoms with E-state index in [1.807, 2.05) is 26.2 Å². The minimum Gasteiger partial charge on any atom is -0.370 e. The maximum absolute atomic E-state index is 5.72. The summed E-state index contributed by atoms with van der Waals surface area (Å²) in [6.07, 6.45) is 0. The molecule has 1 aromatic carbocycles. The highest BCUT2D eigenvalue weighted by molar-refractivity contribution is 6.30. The molecule has 0 amide bonds. The first kappa shape index (κ1) is 9.86. The largest absolute Gasteiger partial charge is 0.370 e. The van der Waals surface area contributed by atoms with Gasteiger partial charge in [-0.25, -0.2) is 4.99 Å². The summed E-state index contributed by atoms with van der Waals surface area (Å²) in [5, 5.41) is 0.697. The minimum absolute atomic E-state index is 0.474. The van der Waals surface area contributed by atoms with E-state index in [1.165, 1.54) is 0 Å². The predicted octanol–water partition coefficient (Wildman–Crippen LogP) is 1.85. The van der Waals surface area contributed by atoms with Crippen molar-refractivity contribution in [3.63, 3.8) is 0 Å². The van der Waals surface area contributed by atoms with Gasteiger partial charge in [-0.3, -0.25) is 0 Å². The Hall–Kier alpha value is -1.22. The van der Waals surface area contributed by atoms with Crippen molar-refractivity contribution < 1.29 is 0 Å². The van der Waals surface area contributed by atoms with Gasteiger partial charge in [0.25, 0.3) is 0 Å². The van der Waals surface area contributed by atoms with Crippen LogP contribution in [-0.2, 0) is 0 Å². The van der Waals surface area contributed by atoms with Gasteiger partial charge in [-0.2, -0.15) is 0 Å². The summed E-state index contributed by atoms with van der Waals surface area (Å²) in [7, 11) is 3.68. The first-order valence-corrected chi connectivity index (χ1v) is 4.24. The summed E-state index contributed by atoms with van der Waals surface area (Å²) in [6, 6.07) is 7.20. The van der Waals surface area contributed by atoms with E-state index < -0.39 is 0 Å². The molecule has 1 rings (SSSR count). The number of halogens is 1. The molecule has 0 saturated heterocycles. The number of benzene rings is 1. The normalized spacial score (nSPS) is 11.5. The van der Waals surface area contributed by atoms with Gasteiger partial charge in [-0.05, 0) is 24.3 Å². The fourth-order valence-electron chi connectivity index (χ4n) is 0.748. The number of hydrogen-bond donors (Lipinski definition) is 1. The smallest absolute Gasteiger partial charge is 0.195 e. The van der Waals surface area contributed by atoms with E-state index in [4.69, 9.17) is 17.3 Å². The molecule has 0 aliphatic rings. The molecule has 0 spiro atoms. The molecule has 0 heterocycles. The molecule has 1 aromatic rings. The number of rotatable bonds is 1. The highest BCUT2D eigenvalue weighted by Gasteiger charge is 1.94. The molecule has 0 saturated carbocycles. The SMILES string of the molecule is CN(C)C(N)=Nc1ccc(Cl)cc1. The Morgan fingerprint density at radius 1 is 1.31 bits per heavy atom. The van der Waals surface area contributed by atoms with Gasteiger partial charge >= 0.3 is 0 Å². The van der Waals surface area contributed by atoms with Crippen LogP contribution in [-0.4, -0.2) is 25.0 Å². The predicted molar refractivity (Wildman–Crippen MR) is 56.4 cm³/mol. The third-order valence-electron chi connectivity index (χ3n) is 1.53. The Morgan fingerprint density at radius 3 is 2.31 bits per heavy atom. The van der Waals surface area contributed by atoms with Crippen LogP contribution in [0, 0.1) is 0 Å². The van der Waals surface area contributed by atoms with Gasteiger partial charge < -0.3 is 10.6 Å². The molecule has 0 bridgehead atoms. The van der Waals surface area contributed by atoms with E-state index in [1.54, 1.807) is 17.0 Å². The summed E-state index contributed by atoms with van der Waals surface area (Å²) in [5.74, 6) is 0.474. The molecule has 0 fully saturated rings. The molecule has 0 aromatic heterocycles. The molecule has 0 atom stereocenters. The van der Waals surface area contributed by atoms with Gasteiger partial charge in [0, 0.05) is 19.1 Å². The van der Waals surface area contributed by atoms with Crippen LogP contribution < -0.4 is 5.73 Å².